The van der Waals surface area contributed by atoms with Crippen LogP contribution >= 0.6 is 11.6 Å². The van der Waals surface area contributed by atoms with E-state index in [2.05, 4.69) is 11.4 Å². The molecule has 2 fully saturated rings. The second-order valence-electron chi connectivity index (χ2n) is 5.69. The smallest absolute Gasteiger partial charge is 0.137 e. The first-order valence-corrected chi connectivity index (χ1v) is 7.95. The van der Waals surface area contributed by atoms with Gasteiger partial charge in [-0.3, -0.25) is 0 Å². The summed E-state index contributed by atoms with van der Waals surface area (Å²) in [7, 11) is 0. The minimum absolute atomic E-state index is 0.371. The van der Waals surface area contributed by atoms with Crippen molar-refractivity contribution in [2.45, 2.75) is 50.8 Å². The Labute approximate surface area is 125 Å². The van der Waals surface area contributed by atoms with Crippen molar-refractivity contribution < 1.29 is 9.47 Å². The molecule has 0 aromatic heterocycles. The summed E-state index contributed by atoms with van der Waals surface area (Å²) in [6.07, 6.45) is 6.25. The zero-order chi connectivity index (χ0) is 13.8. The van der Waals surface area contributed by atoms with Gasteiger partial charge in [0.05, 0.1) is 17.7 Å². The summed E-state index contributed by atoms with van der Waals surface area (Å²) in [4.78, 5) is 0. The van der Waals surface area contributed by atoms with Crippen LogP contribution in [0.15, 0.2) is 18.2 Å². The Balaban J connectivity index is 1.45. The van der Waals surface area contributed by atoms with Crippen LogP contribution in [0.1, 0.15) is 37.7 Å². The molecular weight excluding hydrogens is 274 g/mol. The average molecular weight is 296 g/mol. The van der Waals surface area contributed by atoms with E-state index in [1.54, 1.807) is 0 Å². The SMILES string of the molecule is Clc1cc(CNC2CC2)ccc1OCCC1CCCO1. The van der Waals surface area contributed by atoms with Crippen LogP contribution in [0.5, 0.6) is 5.75 Å². The molecule has 3 rings (SSSR count). The lowest BCUT2D eigenvalue weighted by Gasteiger charge is -2.12. The van der Waals surface area contributed by atoms with Gasteiger partial charge < -0.3 is 14.8 Å². The van der Waals surface area contributed by atoms with Gasteiger partial charge in [-0.05, 0) is 43.4 Å². The van der Waals surface area contributed by atoms with E-state index in [9.17, 15) is 0 Å². The summed E-state index contributed by atoms with van der Waals surface area (Å²) >= 11 is 6.27. The fourth-order valence-electron chi connectivity index (χ4n) is 2.49. The van der Waals surface area contributed by atoms with Crippen LogP contribution in [0.4, 0.5) is 0 Å². The van der Waals surface area contributed by atoms with Crippen molar-refractivity contribution in [1.29, 1.82) is 0 Å². The largest absolute Gasteiger partial charge is 0.492 e. The number of halogens is 1. The van der Waals surface area contributed by atoms with Gasteiger partial charge in [-0.15, -0.1) is 0 Å². The van der Waals surface area contributed by atoms with Crippen molar-refractivity contribution in [2.75, 3.05) is 13.2 Å². The van der Waals surface area contributed by atoms with E-state index in [1.807, 2.05) is 12.1 Å². The topological polar surface area (TPSA) is 30.5 Å². The van der Waals surface area contributed by atoms with Gasteiger partial charge in [0, 0.05) is 25.6 Å². The van der Waals surface area contributed by atoms with E-state index in [1.165, 1.54) is 24.8 Å². The predicted octanol–water partition coefficient (Wildman–Crippen LogP) is 3.54. The molecule has 1 unspecified atom stereocenters. The molecule has 3 nitrogen and oxygen atoms in total. The zero-order valence-corrected chi connectivity index (χ0v) is 12.5. The van der Waals surface area contributed by atoms with Crippen LogP contribution in [-0.4, -0.2) is 25.4 Å². The van der Waals surface area contributed by atoms with Gasteiger partial charge in [-0.2, -0.15) is 0 Å². The summed E-state index contributed by atoms with van der Waals surface area (Å²) < 4.78 is 11.3. The lowest BCUT2D eigenvalue weighted by molar-refractivity contribution is 0.0904. The summed E-state index contributed by atoms with van der Waals surface area (Å²) in [6, 6.07) is 6.78. The first-order chi connectivity index (χ1) is 9.81. The molecule has 1 saturated heterocycles. The van der Waals surface area contributed by atoms with Crippen LogP contribution in [0.3, 0.4) is 0 Å². The predicted molar refractivity (Wildman–Crippen MR) is 80.4 cm³/mol. The molecule has 110 valence electrons. The third kappa shape index (κ3) is 4.11. The van der Waals surface area contributed by atoms with Crippen LogP contribution in [0.25, 0.3) is 0 Å². The molecule has 2 aliphatic rings. The number of rotatable bonds is 7. The minimum Gasteiger partial charge on any atom is -0.492 e. The maximum atomic E-state index is 6.27. The molecule has 0 amide bonds. The van der Waals surface area contributed by atoms with Gasteiger partial charge in [0.15, 0.2) is 0 Å². The summed E-state index contributed by atoms with van der Waals surface area (Å²) in [5.41, 5.74) is 1.22. The first-order valence-electron chi connectivity index (χ1n) is 7.57. The second-order valence-corrected chi connectivity index (χ2v) is 6.10. The maximum Gasteiger partial charge on any atom is 0.137 e. The average Bonchev–Trinajstić information content (AvgIpc) is 3.14. The van der Waals surface area contributed by atoms with Crippen molar-refractivity contribution in [2.24, 2.45) is 0 Å². The number of benzene rings is 1. The minimum atomic E-state index is 0.371. The van der Waals surface area contributed by atoms with Crippen molar-refractivity contribution >= 4 is 11.6 Å². The number of hydrogen-bond acceptors (Lipinski definition) is 3. The molecule has 1 saturated carbocycles. The molecule has 0 bridgehead atoms. The van der Waals surface area contributed by atoms with E-state index in [0.717, 1.165) is 37.8 Å². The quantitative estimate of drug-likeness (QED) is 0.834. The van der Waals surface area contributed by atoms with Crippen LogP contribution in [0, 0.1) is 0 Å². The van der Waals surface area contributed by atoms with Crippen molar-refractivity contribution in [1.82, 2.24) is 5.32 Å². The number of nitrogens with one attached hydrogen (secondary N) is 1. The monoisotopic (exact) mass is 295 g/mol. The Morgan fingerprint density at radius 1 is 1.30 bits per heavy atom. The highest BCUT2D eigenvalue weighted by atomic mass is 35.5. The van der Waals surface area contributed by atoms with Gasteiger partial charge in [0.2, 0.25) is 0 Å². The van der Waals surface area contributed by atoms with Crippen LogP contribution in [0.2, 0.25) is 5.02 Å². The van der Waals surface area contributed by atoms with E-state index in [4.69, 9.17) is 21.1 Å². The molecule has 1 heterocycles. The third-order valence-corrected chi connectivity index (χ3v) is 4.19. The Kier molecular flexibility index (Phi) is 4.81. The maximum absolute atomic E-state index is 6.27. The van der Waals surface area contributed by atoms with Gasteiger partial charge in [0.1, 0.15) is 5.75 Å². The molecule has 4 heteroatoms. The fourth-order valence-corrected chi connectivity index (χ4v) is 2.75. The lowest BCUT2D eigenvalue weighted by Crippen LogP contribution is -2.15. The van der Waals surface area contributed by atoms with Crippen molar-refractivity contribution in [3.8, 4) is 5.75 Å². The molecule has 1 aromatic rings. The van der Waals surface area contributed by atoms with Crippen molar-refractivity contribution in [3.05, 3.63) is 28.8 Å². The molecule has 1 N–H and O–H groups in total. The molecule has 0 spiro atoms. The molecule has 20 heavy (non-hydrogen) atoms. The first kappa shape index (κ1) is 14.2. The van der Waals surface area contributed by atoms with Gasteiger partial charge >= 0.3 is 0 Å². The second kappa shape index (κ2) is 6.79. The molecule has 1 aliphatic carbocycles. The Morgan fingerprint density at radius 2 is 2.20 bits per heavy atom. The van der Waals surface area contributed by atoms with Crippen LogP contribution < -0.4 is 10.1 Å². The van der Waals surface area contributed by atoms with E-state index in [-0.39, 0.29) is 0 Å². The fraction of sp³-hybridized carbons (Fsp3) is 0.625. The highest BCUT2D eigenvalue weighted by molar-refractivity contribution is 6.32. The molecule has 1 aliphatic heterocycles. The number of ether oxygens (including phenoxy) is 2. The van der Waals surface area contributed by atoms with Gasteiger partial charge in [-0.1, -0.05) is 17.7 Å². The van der Waals surface area contributed by atoms with Crippen molar-refractivity contribution in [3.63, 3.8) is 0 Å². The lowest BCUT2D eigenvalue weighted by atomic mass is 10.2. The van der Waals surface area contributed by atoms with Crippen LogP contribution in [-0.2, 0) is 11.3 Å². The summed E-state index contributed by atoms with van der Waals surface area (Å²) in [5, 5.41) is 4.19. The Morgan fingerprint density at radius 3 is 2.90 bits per heavy atom. The molecule has 0 radical (unpaired) electrons. The standard InChI is InChI=1S/C16H22ClNO2/c17-15-10-12(11-18-13-4-5-13)3-6-16(15)20-9-7-14-2-1-8-19-14/h3,6,10,13-14,18H,1-2,4-5,7-9,11H2. The molecule has 1 aromatic carbocycles. The normalized spacial score (nSPS) is 22.1. The highest BCUT2D eigenvalue weighted by Gasteiger charge is 2.20. The van der Waals surface area contributed by atoms with E-state index in [0.29, 0.717) is 17.7 Å². The zero-order valence-electron chi connectivity index (χ0n) is 11.7. The summed E-state index contributed by atoms with van der Waals surface area (Å²) in [6.45, 7) is 2.46. The van der Waals surface area contributed by atoms with E-state index < -0.39 is 0 Å². The Hall–Kier alpha value is -0.770. The summed E-state index contributed by atoms with van der Waals surface area (Å²) in [5.74, 6) is 0.778. The Bertz CT molecular complexity index is 442. The third-order valence-electron chi connectivity index (χ3n) is 3.89. The van der Waals surface area contributed by atoms with Gasteiger partial charge in [-0.25, -0.2) is 0 Å². The number of hydrogen-bond donors (Lipinski definition) is 1. The molecular formula is C16H22ClNO2. The molecule has 1 atom stereocenters. The van der Waals surface area contributed by atoms with Gasteiger partial charge in [0.25, 0.3) is 0 Å². The van der Waals surface area contributed by atoms with E-state index >= 15 is 0 Å². The highest BCUT2D eigenvalue weighted by Crippen LogP contribution is 2.27.